The molecule has 0 bridgehead atoms. The van der Waals surface area contributed by atoms with Gasteiger partial charge in [0.2, 0.25) is 17.7 Å². The van der Waals surface area contributed by atoms with Crippen molar-refractivity contribution in [2.45, 2.75) is 25.3 Å². The molecule has 2 aromatic heterocycles. The number of benzene rings is 3. The van der Waals surface area contributed by atoms with Crippen LogP contribution in [0.4, 0.5) is 0 Å². The molecule has 0 saturated carbocycles. The Hall–Kier alpha value is -4.26. The van der Waals surface area contributed by atoms with Crippen molar-refractivity contribution in [2.75, 3.05) is 0 Å². The quantitative estimate of drug-likeness (QED) is 0.362. The zero-order chi connectivity index (χ0) is 22.5. The molecule has 3 aromatic carbocycles. The first kappa shape index (κ1) is 20.6. The molecule has 1 unspecified atom stereocenters. The fourth-order valence-corrected chi connectivity index (χ4v) is 3.82. The molecule has 33 heavy (non-hydrogen) atoms. The summed E-state index contributed by atoms with van der Waals surface area (Å²) in [5, 5.41) is 11.4. The molecule has 0 spiro atoms. The predicted octanol–water partition coefficient (Wildman–Crippen LogP) is 4.84. The Bertz CT molecular complexity index is 1340. The van der Waals surface area contributed by atoms with E-state index in [2.05, 4.69) is 25.5 Å². The third-order valence-corrected chi connectivity index (χ3v) is 5.50. The Kier molecular flexibility index (Phi) is 5.93. The van der Waals surface area contributed by atoms with E-state index in [9.17, 15) is 4.79 Å². The summed E-state index contributed by atoms with van der Waals surface area (Å²) in [6.45, 7) is 0. The van der Waals surface area contributed by atoms with Crippen LogP contribution in [0.1, 0.15) is 35.9 Å². The van der Waals surface area contributed by atoms with Gasteiger partial charge < -0.3 is 14.7 Å². The molecule has 0 radical (unpaired) electrons. The van der Waals surface area contributed by atoms with Crippen molar-refractivity contribution >= 4 is 16.9 Å². The maximum atomic E-state index is 12.8. The molecular weight excluding hydrogens is 414 g/mol. The van der Waals surface area contributed by atoms with Crippen molar-refractivity contribution in [3.8, 4) is 11.5 Å². The van der Waals surface area contributed by atoms with Crippen molar-refractivity contribution in [3.63, 3.8) is 0 Å². The Morgan fingerprint density at radius 3 is 2.55 bits per heavy atom. The molecular formula is C26H23N5O2. The van der Waals surface area contributed by atoms with E-state index < -0.39 is 0 Å². The molecule has 164 valence electrons. The van der Waals surface area contributed by atoms with Gasteiger partial charge in [-0.1, -0.05) is 54.6 Å². The summed E-state index contributed by atoms with van der Waals surface area (Å²) in [6, 6.07) is 25.3. The van der Waals surface area contributed by atoms with Crippen molar-refractivity contribution in [1.29, 1.82) is 0 Å². The van der Waals surface area contributed by atoms with Crippen LogP contribution >= 0.6 is 0 Å². The molecule has 7 nitrogen and oxygen atoms in total. The maximum Gasteiger partial charge on any atom is 0.247 e. The fraction of sp³-hybridized carbons (Fsp3) is 0.154. The third-order valence-electron chi connectivity index (χ3n) is 5.50. The van der Waals surface area contributed by atoms with Gasteiger partial charge >= 0.3 is 0 Å². The van der Waals surface area contributed by atoms with Gasteiger partial charge in [-0.2, -0.15) is 0 Å². The van der Waals surface area contributed by atoms with Gasteiger partial charge in [-0.3, -0.25) is 4.79 Å². The Labute approximate surface area is 190 Å². The Balaban J connectivity index is 1.24. The largest absolute Gasteiger partial charge is 0.421 e. The van der Waals surface area contributed by atoms with Crippen molar-refractivity contribution in [2.24, 2.45) is 0 Å². The van der Waals surface area contributed by atoms with Gasteiger partial charge in [-0.25, -0.2) is 4.98 Å². The highest BCUT2D eigenvalue weighted by Crippen LogP contribution is 2.25. The highest BCUT2D eigenvalue weighted by atomic mass is 16.4. The van der Waals surface area contributed by atoms with E-state index in [1.54, 1.807) is 6.33 Å². The number of nitrogens with zero attached hydrogens (tertiary/aromatic N) is 3. The van der Waals surface area contributed by atoms with Crippen LogP contribution in [0.15, 0.2) is 89.6 Å². The molecule has 7 heteroatoms. The fourth-order valence-electron chi connectivity index (χ4n) is 3.82. The topological polar surface area (TPSA) is 96.7 Å². The Morgan fingerprint density at radius 1 is 0.939 bits per heavy atom. The molecule has 0 saturated heterocycles. The number of aromatic amines is 1. The number of fused-ring (bicyclic) bond motifs is 1. The van der Waals surface area contributed by atoms with Crippen molar-refractivity contribution in [1.82, 2.24) is 25.5 Å². The lowest BCUT2D eigenvalue weighted by Crippen LogP contribution is -2.29. The lowest BCUT2D eigenvalue weighted by molar-refractivity contribution is -0.121. The number of hydrogen-bond acceptors (Lipinski definition) is 5. The minimum Gasteiger partial charge on any atom is -0.421 e. The molecule has 0 aliphatic rings. The second-order valence-electron chi connectivity index (χ2n) is 7.81. The summed E-state index contributed by atoms with van der Waals surface area (Å²) in [7, 11) is 0. The number of carbonyl (C=O) groups is 1. The van der Waals surface area contributed by atoms with Crippen LogP contribution in [0.25, 0.3) is 22.5 Å². The summed E-state index contributed by atoms with van der Waals surface area (Å²) < 4.78 is 5.74. The highest BCUT2D eigenvalue weighted by molar-refractivity contribution is 5.78. The summed E-state index contributed by atoms with van der Waals surface area (Å²) >= 11 is 0. The lowest BCUT2D eigenvalue weighted by atomic mass is 9.98. The SMILES string of the molecule is O=C(CCCc1nnc(-c2ccccc2)o1)NC(c1ccccc1)c1ccc2nc[nH]c2c1. The van der Waals surface area contributed by atoms with Crippen LogP contribution in [-0.4, -0.2) is 26.1 Å². The summed E-state index contributed by atoms with van der Waals surface area (Å²) in [5.41, 5.74) is 4.73. The summed E-state index contributed by atoms with van der Waals surface area (Å²) in [6.07, 6.45) is 3.19. The highest BCUT2D eigenvalue weighted by Gasteiger charge is 2.18. The zero-order valence-corrected chi connectivity index (χ0v) is 17.9. The molecule has 0 aliphatic carbocycles. The number of aromatic nitrogens is 4. The van der Waals surface area contributed by atoms with Crippen LogP contribution < -0.4 is 5.32 Å². The second-order valence-corrected chi connectivity index (χ2v) is 7.81. The van der Waals surface area contributed by atoms with Crippen molar-refractivity contribution in [3.05, 3.63) is 102 Å². The first-order chi connectivity index (χ1) is 16.3. The smallest absolute Gasteiger partial charge is 0.247 e. The van der Waals surface area contributed by atoms with Crippen molar-refractivity contribution < 1.29 is 9.21 Å². The Morgan fingerprint density at radius 2 is 1.73 bits per heavy atom. The first-order valence-corrected chi connectivity index (χ1v) is 10.9. The van der Waals surface area contributed by atoms with Gasteiger partial charge in [0.25, 0.3) is 0 Å². The van der Waals surface area contributed by atoms with Crippen LogP contribution in [0, 0.1) is 0 Å². The average Bonchev–Trinajstić information content (AvgIpc) is 3.53. The minimum atomic E-state index is -0.250. The monoisotopic (exact) mass is 437 g/mol. The van der Waals surface area contributed by atoms with Gasteiger partial charge in [0.15, 0.2) is 0 Å². The number of imidazole rings is 1. The van der Waals surface area contributed by atoms with Crippen LogP contribution in [-0.2, 0) is 11.2 Å². The number of H-pyrrole nitrogens is 1. The molecule has 1 atom stereocenters. The van der Waals surface area contributed by atoms with E-state index in [1.807, 2.05) is 78.9 Å². The van der Waals surface area contributed by atoms with Crippen LogP contribution in [0.3, 0.4) is 0 Å². The molecule has 1 amide bonds. The third kappa shape index (κ3) is 4.82. The molecule has 2 heterocycles. The van der Waals surface area contributed by atoms with Gasteiger partial charge in [0, 0.05) is 18.4 Å². The molecule has 2 N–H and O–H groups in total. The summed E-state index contributed by atoms with van der Waals surface area (Å²) in [5.74, 6) is 0.996. The zero-order valence-electron chi connectivity index (χ0n) is 17.9. The van der Waals surface area contributed by atoms with Crippen LogP contribution in [0.5, 0.6) is 0 Å². The molecule has 5 aromatic rings. The van der Waals surface area contributed by atoms with Gasteiger partial charge in [0.1, 0.15) is 0 Å². The minimum absolute atomic E-state index is 0.0311. The van der Waals surface area contributed by atoms with E-state index in [0.29, 0.717) is 31.0 Å². The predicted molar refractivity (Wildman–Crippen MR) is 125 cm³/mol. The normalized spacial score (nSPS) is 12.0. The number of rotatable bonds is 8. The lowest BCUT2D eigenvalue weighted by Gasteiger charge is -2.20. The number of aryl methyl sites for hydroxylation is 1. The van der Waals surface area contributed by atoms with E-state index in [-0.39, 0.29) is 11.9 Å². The van der Waals surface area contributed by atoms with E-state index in [4.69, 9.17) is 4.42 Å². The van der Waals surface area contributed by atoms with Gasteiger partial charge in [-0.05, 0) is 41.8 Å². The average molecular weight is 438 g/mol. The second kappa shape index (κ2) is 9.48. The van der Waals surface area contributed by atoms with E-state index in [1.165, 1.54) is 0 Å². The molecule has 0 aliphatic heterocycles. The number of nitrogens with one attached hydrogen (secondary N) is 2. The standard InChI is InChI=1S/C26H23N5O2/c32-23(12-7-13-24-30-31-26(33-24)19-10-5-2-6-11-19)29-25(18-8-3-1-4-9-18)20-14-15-21-22(16-20)28-17-27-21/h1-6,8-11,14-17,25H,7,12-13H2,(H,27,28)(H,29,32). The summed E-state index contributed by atoms with van der Waals surface area (Å²) in [4.78, 5) is 20.3. The van der Waals surface area contributed by atoms with E-state index in [0.717, 1.165) is 27.7 Å². The molecule has 5 rings (SSSR count). The number of amides is 1. The number of hydrogen-bond donors (Lipinski definition) is 2. The van der Waals surface area contributed by atoms with Gasteiger partial charge in [0.05, 0.1) is 23.4 Å². The first-order valence-electron chi connectivity index (χ1n) is 10.9. The van der Waals surface area contributed by atoms with Crippen LogP contribution in [0.2, 0.25) is 0 Å². The number of carbonyl (C=O) groups excluding carboxylic acids is 1. The maximum absolute atomic E-state index is 12.8. The van der Waals surface area contributed by atoms with E-state index >= 15 is 0 Å². The molecule has 0 fully saturated rings. The van der Waals surface area contributed by atoms with Gasteiger partial charge in [-0.15, -0.1) is 10.2 Å².